The maximum Gasteiger partial charge on any atom is 0.0711 e. The van der Waals surface area contributed by atoms with Gasteiger partial charge in [-0.1, -0.05) is 24.3 Å². The zero-order valence-corrected chi connectivity index (χ0v) is 12.0. The minimum absolute atomic E-state index is 1.21. The van der Waals surface area contributed by atoms with Crippen molar-refractivity contribution in [2.24, 2.45) is 0 Å². The molecule has 0 fully saturated rings. The highest BCUT2D eigenvalue weighted by Crippen LogP contribution is 2.43. The predicted molar refractivity (Wildman–Crippen MR) is 82.4 cm³/mol. The maximum atomic E-state index is 3.61. The van der Waals surface area contributed by atoms with Crippen LogP contribution in [-0.2, 0) is 0 Å². The number of hydrogen-bond acceptors (Lipinski definition) is 2. The second-order valence-electron chi connectivity index (χ2n) is 4.00. The summed E-state index contributed by atoms with van der Waals surface area (Å²) in [6.07, 6.45) is 0. The van der Waals surface area contributed by atoms with Crippen LogP contribution in [0.1, 0.15) is 0 Å². The van der Waals surface area contributed by atoms with Gasteiger partial charge in [0.1, 0.15) is 0 Å². The molecule has 0 radical (unpaired) electrons. The van der Waals surface area contributed by atoms with Gasteiger partial charge in [-0.05, 0) is 44.2 Å². The second-order valence-corrected chi connectivity index (χ2v) is 7.35. The van der Waals surface area contributed by atoms with Crippen LogP contribution in [0.25, 0.3) is 30.9 Å². The summed E-state index contributed by atoms with van der Waals surface area (Å²) in [5.74, 6) is 0. The molecule has 0 amide bonds. The topological polar surface area (TPSA) is 0 Å². The first-order chi connectivity index (χ1) is 8.34. The molecule has 2 aromatic carbocycles. The van der Waals surface area contributed by atoms with Gasteiger partial charge in [0.05, 0.1) is 13.2 Å². The molecule has 4 aromatic rings. The molecule has 2 aromatic heterocycles. The number of hydrogen-bond donors (Lipinski definition) is 0. The van der Waals surface area contributed by atoms with E-state index in [2.05, 4.69) is 57.7 Å². The van der Waals surface area contributed by atoms with Crippen molar-refractivity contribution in [1.29, 1.82) is 0 Å². The molecule has 0 atom stereocenters. The van der Waals surface area contributed by atoms with E-state index >= 15 is 0 Å². The molecule has 0 N–H and O–H groups in total. The summed E-state index contributed by atoms with van der Waals surface area (Å²) in [6, 6.07) is 13.1. The average Bonchev–Trinajstić information content (AvgIpc) is 2.94. The Morgan fingerprint density at radius 1 is 0.824 bits per heavy atom. The first-order valence-electron chi connectivity index (χ1n) is 5.31. The summed E-state index contributed by atoms with van der Waals surface area (Å²) in [5.41, 5.74) is 0. The fourth-order valence-electron chi connectivity index (χ4n) is 2.38. The van der Waals surface area contributed by atoms with Crippen LogP contribution in [0.2, 0.25) is 0 Å². The summed E-state index contributed by atoms with van der Waals surface area (Å²) in [5, 5.41) is 7.65. The maximum absolute atomic E-state index is 3.61. The highest BCUT2D eigenvalue weighted by Gasteiger charge is 2.11. The number of halogens is 1. The van der Waals surface area contributed by atoms with E-state index in [1.807, 2.05) is 22.7 Å². The SMILES string of the molecule is Brc1cc2c3ccccc3c3ccsc3c2s1. The van der Waals surface area contributed by atoms with E-state index in [0.29, 0.717) is 0 Å². The van der Waals surface area contributed by atoms with Gasteiger partial charge in [-0.2, -0.15) is 0 Å². The zero-order chi connectivity index (χ0) is 11.4. The third-order valence-electron chi connectivity index (χ3n) is 3.08. The average molecular weight is 319 g/mol. The molecule has 0 aliphatic carbocycles. The van der Waals surface area contributed by atoms with Crippen molar-refractivity contribution in [2.75, 3.05) is 0 Å². The van der Waals surface area contributed by atoms with E-state index in [1.54, 1.807) is 0 Å². The van der Waals surface area contributed by atoms with Gasteiger partial charge in [-0.25, -0.2) is 0 Å². The van der Waals surface area contributed by atoms with E-state index in [0.717, 1.165) is 0 Å². The third kappa shape index (κ3) is 1.33. The van der Waals surface area contributed by atoms with Gasteiger partial charge in [0, 0.05) is 10.8 Å². The quantitative estimate of drug-likeness (QED) is 0.371. The summed E-state index contributed by atoms with van der Waals surface area (Å²) >= 11 is 7.27. The van der Waals surface area contributed by atoms with Gasteiger partial charge in [0.15, 0.2) is 0 Å². The van der Waals surface area contributed by atoms with Crippen LogP contribution in [0.3, 0.4) is 0 Å². The lowest BCUT2D eigenvalue weighted by Crippen LogP contribution is -1.74. The Kier molecular flexibility index (Phi) is 2.10. The van der Waals surface area contributed by atoms with Gasteiger partial charge in [-0.3, -0.25) is 0 Å². The van der Waals surface area contributed by atoms with E-state index in [4.69, 9.17) is 0 Å². The van der Waals surface area contributed by atoms with Crippen molar-refractivity contribution in [1.82, 2.24) is 0 Å². The molecule has 0 aliphatic heterocycles. The zero-order valence-electron chi connectivity index (χ0n) is 8.74. The highest BCUT2D eigenvalue weighted by molar-refractivity contribution is 9.11. The molecule has 17 heavy (non-hydrogen) atoms. The van der Waals surface area contributed by atoms with E-state index in [9.17, 15) is 0 Å². The van der Waals surface area contributed by atoms with E-state index < -0.39 is 0 Å². The Bertz CT molecular complexity index is 854. The van der Waals surface area contributed by atoms with Crippen LogP contribution < -0.4 is 0 Å². The van der Waals surface area contributed by atoms with E-state index in [1.165, 1.54) is 34.7 Å². The molecule has 2 heterocycles. The van der Waals surface area contributed by atoms with Gasteiger partial charge in [0.25, 0.3) is 0 Å². The van der Waals surface area contributed by atoms with E-state index in [-0.39, 0.29) is 0 Å². The molecular weight excluding hydrogens is 312 g/mol. The molecule has 4 rings (SSSR count). The molecule has 0 saturated heterocycles. The van der Waals surface area contributed by atoms with Crippen LogP contribution in [-0.4, -0.2) is 0 Å². The summed E-state index contributed by atoms with van der Waals surface area (Å²) in [7, 11) is 0. The molecule has 82 valence electrons. The number of rotatable bonds is 0. The molecule has 0 aliphatic rings. The monoisotopic (exact) mass is 318 g/mol. The lowest BCUT2D eigenvalue weighted by molar-refractivity contribution is 1.84. The highest BCUT2D eigenvalue weighted by atomic mass is 79.9. The largest absolute Gasteiger partial charge is 0.142 e. The first-order valence-corrected chi connectivity index (χ1v) is 7.80. The predicted octanol–water partition coefficient (Wildman–Crippen LogP) is 6.03. The Balaban J connectivity index is 2.47. The van der Waals surface area contributed by atoms with Crippen LogP contribution in [0, 0.1) is 0 Å². The first kappa shape index (κ1) is 10.1. The fourth-order valence-corrected chi connectivity index (χ4v) is 5.08. The Labute approximate surface area is 115 Å². The fraction of sp³-hybridized carbons (Fsp3) is 0. The molecule has 0 spiro atoms. The molecule has 3 heteroatoms. The number of benzene rings is 2. The standard InChI is InChI=1S/C14H7BrS2/c15-12-7-11-9-4-2-1-3-8(9)10-5-6-16-13(10)14(11)17-12/h1-7H. The summed E-state index contributed by atoms with van der Waals surface area (Å²) < 4.78 is 4.02. The second kappa shape index (κ2) is 3.55. The lowest BCUT2D eigenvalue weighted by atomic mass is 10.0. The number of thiophene rings is 2. The van der Waals surface area contributed by atoms with Crippen molar-refractivity contribution in [2.45, 2.75) is 0 Å². The van der Waals surface area contributed by atoms with Crippen LogP contribution in [0.5, 0.6) is 0 Å². The Morgan fingerprint density at radius 2 is 1.59 bits per heavy atom. The minimum Gasteiger partial charge on any atom is -0.142 e. The molecule has 0 saturated carbocycles. The van der Waals surface area contributed by atoms with Crippen LogP contribution in [0.15, 0.2) is 45.6 Å². The smallest absolute Gasteiger partial charge is 0.0711 e. The molecule has 0 bridgehead atoms. The van der Waals surface area contributed by atoms with Gasteiger partial charge < -0.3 is 0 Å². The van der Waals surface area contributed by atoms with Crippen molar-refractivity contribution < 1.29 is 0 Å². The molecule has 0 unspecified atom stereocenters. The van der Waals surface area contributed by atoms with Crippen LogP contribution in [0.4, 0.5) is 0 Å². The van der Waals surface area contributed by atoms with Crippen molar-refractivity contribution in [3.8, 4) is 0 Å². The number of fused-ring (bicyclic) bond motifs is 6. The third-order valence-corrected chi connectivity index (χ3v) is 5.80. The van der Waals surface area contributed by atoms with Gasteiger partial charge >= 0.3 is 0 Å². The Morgan fingerprint density at radius 3 is 2.41 bits per heavy atom. The van der Waals surface area contributed by atoms with Crippen molar-refractivity contribution in [3.63, 3.8) is 0 Å². The minimum atomic E-state index is 1.21. The van der Waals surface area contributed by atoms with Gasteiger partial charge in [0.2, 0.25) is 0 Å². The van der Waals surface area contributed by atoms with Crippen LogP contribution >= 0.6 is 38.6 Å². The van der Waals surface area contributed by atoms with Crippen molar-refractivity contribution in [3.05, 3.63) is 45.6 Å². The Hall–Kier alpha value is -0.900. The summed E-state index contributed by atoms with van der Waals surface area (Å²) in [6.45, 7) is 0. The van der Waals surface area contributed by atoms with Gasteiger partial charge in [-0.15, -0.1) is 22.7 Å². The normalized spacial score (nSPS) is 11.8. The van der Waals surface area contributed by atoms with Crippen molar-refractivity contribution >= 4 is 69.5 Å². The lowest BCUT2D eigenvalue weighted by Gasteiger charge is -2.02. The summed E-state index contributed by atoms with van der Waals surface area (Å²) in [4.78, 5) is 0. The molecular formula is C14H7BrS2. The molecule has 0 nitrogen and oxygen atoms in total.